The van der Waals surface area contributed by atoms with Crippen LogP contribution in [0.1, 0.15) is 23.1 Å². The molecular weight excluding hydrogens is 308 g/mol. The number of nitrogens with zero attached hydrogens (tertiary/aromatic N) is 2. The summed E-state index contributed by atoms with van der Waals surface area (Å²) in [7, 11) is -1.69. The van der Waals surface area contributed by atoms with E-state index in [1.165, 1.54) is 11.3 Å². The quantitative estimate of drug-likeness (QED) is 0.805. The molecule has 0 aliphatic carbocycles. The standard InChI is InChI=1S/C13H20N4O2S2/c1-4-14-9-12-10(2)7-13(20-12)21(18,19)15-8-11-5-6-17(3)16-11/h5-7,14-15H,4,8-9H2,1-3H3. The van der Waals surface area contributed by atoms with Crippen LogP contribution in [0.4, 0.5) is 0 Å². The molecule has 0 bridgehead atoms. The van der Waals surface area contributed by atoms with Crippen LogP contribution < -0.4 is 10.0 Å². The van der Waals surface area contributed by atoms with Gasteiger partial charge in [-0.1, -0.05) is 6.92 Å². The largest absolute Gasteiger partial charge is 0.312 e. The van der Waals surface area contributed by atoms with E-state index in [1.807, 2.05) is 13.8 Å². The molecule has 116 valence electrons. The highest BCUT2D eigenvalue weighted by Crippen LogP contribution is 2.25. The van der Waals surface area contributed by atoms with Gasteiger partial charge >= 0.3 is 0 Å². The zero-order valence-corrected chi connectivity index (χ0v) is 14.0. The van der Waals surface area contributed by atoms with E-state index in [4.69, 9.17) is 0 Å². The van der Waals surface area contributed by atoms with Crippen molar-refractivity contribution in [2.45, 2.75) is 31.1 Å². The van der Waals surface area contributed by atoms with Gasteiger partial charge in [0.25, 0.3) is 0 Å². The van der Waals surface area contributed by atoms with Gasteiger partial charge in [0.1, 0.15) is 4.21 Å². The Morgan fingerprint density at radius 1 is 1.38 bits per heavy atom. The van der Waals surface area contributed by atoms with E-state index in [9.17, 15) is 8.42 Å². The summed E-state index contributed by atoms with van der Waals surface area (Å²) in [6.45, 7) is 5.71. The molecule has 2 rings (SSSR count). The van der Waals surface area contributed by atoms with Crippen LogP contribution in [0.3, 0.4) is 0 Å². The van der Waals surface area contributed by atoms with Gasteiger partial charge in [0.15, 0.2) is 0 Å². The van der Waals surface area contributed by atoms with Gasteiger partial charge in [-0.05, 0) is 31.2 Å². The van der Waals surface area contributed by atoms with Gasteiger partial charge in [-0.2, -0.15) is 5.10 Å². The highest BCUT2D eigenvalue weighted by Gasteiger charge is 2.18. The van der Waals surface area contributed by atoms with E-state index >= 15 is 0 Å². The molecule has 0 fully saturated rings. The molecule has 21 heavy (non-hydrogen) atoms. The lowest BCUT2D eigenvalue weighted by atomic mass is 10.3. The van der Waals surface area contributed by atoms with Crippen LogP contribution in [-0.4, -0.2) is 24.7 Å². The number of aryl methyl sites for hydroxylation is 2. The Hall–Kier alpha value is -1.22. The van der Waals surface area contributed by atoms with Crippen molar-refractivity contribution in [1.29, 1.82) is 0 Å². The Morgan fingerprint density at radius 3 is 2.76 bits per heavy atom. The number of aromatic nitrogens is 2. The van der Waals surface area contributed by atoms with E-state index in [-0.39, 0.29) is 6.54 Å². The Kier molecular flexibility index (Phi) is 5.15. The maximum absolute atomic E-state index is 12.3. The third kappa shape index (κ3) is 4.13. The molecule has 6 nitrogen and oxygen atoms in total. The summed E-state index contributed by atoms with van der Waals surface area (Å²) < 4.78 is 29.2. The molecule has 2 heterocycles. The predicted molar refractivity (Wildman–Crippen MR) is 83.7 cm³/mol. The molecular formula is C13H20N4O2S2. The Balaban J connectivity index is 2.08. The molecule has 0 aromatic carbocycles. The SMILES string of the molecule is CCNCc1sc(S(=O)(=O)NCc2ccn(C)n2)cc1C. The van der Waals surface area contributed by atoms with Crippen LogP contribution in [0.25, 0.3) is 0 Å². The van der Waals surface area contributed by atoms with Crippen LogP contribution in [-0.2, 0) is 30.2 Å². The number of hydrogen-bond acceptors (Lipinski definition) is 5. The molecule has 0 aliphatic heterocycles. The molecule has 0 saturated heterocycles. The number of sulfonamides is 1. The normalized spacial score (nSPS) is 12.0. The highest BCUT2D eigenvalue weighted by molar-refractivity contribution is 7.91. The smallest absolute Gasteiger partial charge is 0.250 e. The first-order chi connectivity index (χ1) is 9.92. The van der Waals surface area contributed by atoms with Crippen molar-refractivity contribution in [2.75, 3.05) is 6.54 Å². The van der Waals surface area contributed by atoms with Crippen molar-refractivity contribution in [1.82, 2.24) is 19.8 Å². The zero-order chi connectivity index (χ0) is 15.5. The topological polar surface area (TPSA) is 76.0 Å². The average Bonchev–Trinajstić information content (AvgIpc) is 3.01. The fourth-order valence-corrected chi connectivity index (χ4v) is 4.43. The lowest BCUT2D eigenvalue weighted by Crippen LogP contribution is -2.22. The second-order valence-corrected chi connectivity index (χ2v) is 7.89. The Labute approximate surface area is 129 Å². The van der Waals surface area contributed by atoms with E-state index < -0.39 is 10.0 Å². The number of hydrogen-bond donors (Lipinski definition) is 2. The van der Waals surface area contributed by atoms with Crippen LogP contribution in [0.2, 0.25) is 0 Å². The molecule has 2 N–H and O–H groups in total. The Bertz CT molecular complexity index is 704. The first-order valence-electron chi connectivity index (χ1n) is 6.70. The number of thiophene rings is 1. The van der Waals surface area contributed by atoms with Gasteiger partial charge in [-0.15, -0.1) is 11.3 Å². The minimum absolute atomic E-state index is 0.197. The zero-order valence-electron chi connectivity index (χ0n) is 12.4. The van der Waals surface area contributed by atoms with Crippen molar-refractivity contribution >= 4 is 21.4 Å². The van der Waals surface area contributed by atoms with Crippen LogP contribution in [0, 0.1) is 6.92 Å². The van der Waals surface area contributed by atoms with Crippen molar-refractivity contribution in [3.63, 3.8) is 0 Å². The maximum atomic E-state index is 12.3. The number of nitrogens with one attached hydrogen (secondary N) is 2. The maximum Gasteiger partial charge on any atom is 0.250 e. The van der Waals surface area contributed by atoms with E-state index in [0.29, 0.717) is 16.4 Å². The summed E-state index contributed by atoms with van der Waals surface area (Å²) in [4.78, 5) is 1.05. The van der Waals surface area contributed by atoms with Gasteiger partial charge < -0.3 is 5.32 Å². The summed E-state index contributed by atoms with van der Waals surface area (Å²) in [5, 5.41) is 7.37. The molecule has 8 heteroatoms. The van der Waals surface area contributed by atoms with Crippen molar-refractivity contribution in [3.8, 4) is 0 Å². The second-order valence-electron chi connectivity index (χ2n) is 4.76. The molecule has 0 aliphatic rings. The fourth-order valence-electron chi connectivity index (χ4n) is 1.83. The first-order valence-corrected chi connectivity index (χ1v) is 9.00. The van der Waals surface area contributed by atoms with Gasteiger partial charge in [-0.25, -0.2) is 13.1 Å². The molecule has 0 radical (unpaired) electrons. The molecule has 2 aromatic rings. The van der Waals surface area contributed by atoms with E-state index in [1.54, 1.807) is 30.1 Å². The first kappa shape index (κ1) is 16.2. The summed E-state index contributed by atoms with van der Waals surface area (Å²) >= 11 is 1.31. The third-order valence-electron chi connectivity index (χ3n) is 3.01. The van der Waals surface area contributed by atoms with Gasteiger partial charge in [0, 0.05) is 24.7 Å². The van der Waals surface area contributed by atoms with Crippen LogP contribution >= 0.6 is 11.3 Å². The van der Waals surface area contributed by atoms with Crippen LogP contribution in [0.5, 0.6) is 0 Å². The summed E-state index contributed by atoms with van der Waals surface area (Å²) in [5.41, 5.74) is 1.70. The minimum atomic E-state index is -3.48. The van der Waals surface area contributed by atoms with Crippen LogP contribution in [0.15, 0.2) is 22.5 Å². The molecule has 0 spiro atoms. The fraction of sp³-hybridized carbons (Fsp3) is 0.462. The van der Waals surface area contributed by atoms with Gasteiger partial charge in [0.2, 0.25) is 10.0 Å². The van der Waals surface area contributed by atoms with Gasteiger partial charge in [0.05, 0.1) is 12.2 Å². The van der Waals surface area contributed by atoms with Crippen molar-refractivity contribution in [3.05, 3.63) is 34.5 Å². The molecule has 0 unspecified atom stereocenters. The van der Waals surface area contributed by atoms with Gasteiger partial charge in [-0.3, -0.25) is 4.68 Å². The molecule has 0 saturated carbocycles. The van der Waals surface area contributed by atoms with E-state index in [0.717, 1.165) is 17.0 Å². The Morgan fingerprint density at radius 2 is 2.14 bits per heavy atom. The second kappa shape index (κ2) is 6.69. The molecule has 2 aromatic heterocycles. The predicted octanol–water partition coefficient (Wildman–Crippen LogP) is 1.38. The summed E-state index contributed by atoms with van der Waals surface area (Å²) in [6, 6.07) is 3.51. The molecule has 0 amide bonds. The highest BCUT2D eigenvalue weighted by atomic mass is 32.2. The molecule has 0 atom stereocenters. The summed E-state index contributed by atoms with van der Waals surface area (Å²) in [6.07, 6.45) is 1.79. The van der Waals surface area contributed by atoms with E-state index in [2.05, 4.69) is 15.1 Å². The van der Waals surface area contributed by atoms with Crippen molar-refractivity contribution < 1.29 is 8.42 Å². The number of rotatable bonds is 7. The lowest BCUT2D eigenvalue weighted by molar-refractivity contribution is 0.581. The average molecular weight is 328 g/mol. The third-order valence-corrected chi connectivity index (χ3v) is 6.12. The minimum Gasteiger partial charge on any atom is -0.312 e. The summed E-state index contributed by atoms with van der Waals surface area (Å²) in [5.74, 6) is 0. The monoisotopic (exact) mass is 328 g/mol. The lowest BCUT2D eigenvalue weighted by Gasteiger charge is -2.02. The van der Waals surface area contributed by atoms with Crippen molar-refractivity contribution in [2.24, 2.45) is 7.05 Å².